The molecule has 4 nitrogen and oxygen atoms in total. The Balaban J connectivity index is 2.20. The van der Waals surface area contributed by atoms with Crippen LogP contribution >= 0.6 is 0 Å². The number of nitrogens with zero attached hydrogens (tertiary/aromatic N) is 1. The van der Waals surface area contributed by atoms with Crippen LogP contribution in [0.2, 0.25) is 0 Å². The molecule has 0 aliphatic rings. The average molecular weight is 337 g/mol. The minimum atomic E-state index is -0.592. The highest BCUT2D eigenvalue weighted by Crippen LogP contribution is 2.09. The highest BCUT2D eigenvalue weighted by molar-refractivity contribution is 5.96. The van der Waals surface area contributed by atoms with Gasteiger partial charge in [0.15, 0.2) is 0 Å². The summed E-state index contributed by atoms with van der Waals surface area (Å²) in [5, 5.41) is 0. The van der Waals surface area contributed by atoms with E-state index in [-0.39, 0.29) is 12.1 Å². The Morgan fingerprint density at radius 3 is 2.33 bits per heavy atom. The first-order valence-corrected chi connectivity index (χ1v) is 8.72. The number of likely N-dealkylation sites (N-methyl/N-ethyl adjacent to an activating group) is 1. The zero-order valence-electron chi connectivity index (χ0n) is 14.7. The molecule has 0 fully saturated rings. The quantitative estimate of drug-likeness (QED) is 0.449. The normalized spacial score (nSPS) is 10.5. The van der Waals surface area contributed by atoms with Crippen molar-refractivity contribution in [2.75, 3.05) is 20.2 Å². The number of carbonyl (C=O) groups is 2. The summed E-state index contributed by atoms with van der Waals surface area (Å²) in [7, 11) is 1.46. The largest absolute Gasteiger partial charge is 0.464 e. The van der Waals surface area contributed by atoms with Crippen LogP contribution < -0.4 is 0 Å². The number of ether oxygens (including phenoxy) is 1. The maximum absolute atomic E-state index is 13.6. The molecule has 0 bridgehead atoms. The molecule has 0 unspecified atom stereocenters. The molecule has 1 aromatic carbocycles. The van der Waals surface area contributed by atoms with E-state index < -0.39 is 17.7 Å². The molecule has 1 aromatic rings. The summed E-state index contributed by atoms with van der Waals surface area (Å²) in [5.41, 5.74) is -0.0418. The number of esters is 1. The van der Waals surface area contributed by atoms with Gasteiger partial charge in [-0.1, -0.05) is 57.6 Å². The van der Waals surface area contributed by atoms with Crippen LogP contribution in [0.4, 0.5) is 4.39 Å². The van der Waals surface area contributed by atoms with Crippen LogP contribution in [0.15, 0.2) is 24.3 Å². The van der Waals surface area contributed by atoms with Crippen LogP contribution in [-0.4, -0.2) is 37.0 Å². The van der Waals surface area contributed by atoms with Gasteiger partial charge < -0.3 is 9.64 Å². The molecule has 0 atom stereocenters. The van der Waals surface area contributed by atoms with Crippen molar-refractivity contribution in [3.63, 3.8) is 0 Å². The highest BCUT2D eigenvalue weighted by atomic mass is 19.1. The van der Waals surface area contributed by atoms with Crippen molar-refractivity contribution in [2.24, 2.45) is 0 Å². The fourth-order valence-corrected chi connectivity index (χ4v) is 2.40. The number of unbranched alkanes of at least 4 members (excludes halogenated alkanes) is 6. The van der Waals surface area contributed by atoms with Gasteiger partial charge in [0.1, 0.15) is 12.4 Å². The fourth-order valence-electron chi connectivity index (χ4n) is 2.40. The monoisotopic (exact) mass is 337 g/mol. The van der Waals surface area contributed by atoms with Gasteiger partial charge in [0, 0.05) is 7.05 Å². The Morgan fingerprint density at radius 1 is 1.04 bits per heavy atom. The SMILES string of the molecule is CCCCCCCCCOC(=O)CN(C)C(=O)c1ccccc1F. The first-order valence-electron chi connectivity index (χ1n) is 8.72. The van der Waals surface area contributed by atoms with Gasteiger partial charge in [-0.15, -0.1) is 0 Å². The molecule has 0 saturated carbocycles. The Kier molecular flexibility index (Phi) is 9.73. The van der Waals surface area contributed by atoms with E-state index in [0.29, 0.717) is 6.61 Å². The van der Waals surface area contributed by atoms with Crippen molar-refractivity contribution in [1.29, 1.82) is 0 Å². The van der Waals surface area contributed by atoms with E-state index >= 15 is 0 Å². The standard InChI is InChI=1S/C19H28FNO3/c1-3-4-5-6-7-8-11-14-24-18(22)15-21(2)19(23)16-12-9-10-13-17(16)20/h9-10,12-13H,3-8,11,14-15H2,1-2H3. The Bertz CT molecular complexity index is 519. The molecule has 0 radical (unpaired) electrons. The molecule has 134 valence electrons. The van der Waals surface area contributed by atoms with Crippen LogP contribution in [0, 0.1) is 5.82 Å². The second-order valence-corrected chi connectivity index (χ2v) is 5.98. The maximum Gasteiger partial charge on any atom is 0.325 e. The lowest BCUT2D eigenvalue weighted by molar-refractivity contribution is -0.144. The van der Waals surface area contributed by atoms with Gasteiger partial charge in [-0.25, -0.2) is 4.39 Å². The van der Waals surface area contributed by atoms with Crippen molar-refractivity contribution in [3.05, 3.63) is 35.6 Å². The topological polar surface area (TPSA) is 46.6 Å². The number of halogens is 1. The predicted molar refractivity (Wildman–Crippen MR) is 92.3 cm³/mol. The summed E-state index contributed by atoms with van der Waals surface area (Å²) in [4.78, 5) is 25.0. The Labute approximate surface area is 144 Å². The van der Waals surface area contributed by atoms with Crippen LogP contribution in [0.5, 0.6) is 0 Å². The third kappa shape index (κ3) is 7.57. The molecule has 0 N–H and O–H groups in total. The molecule has 24 heavy (non-hydrogen) atoms. The van der Waals surface area contributed by atoms with Crippen molar-refractivity contribution < 1.29 is 18.7 Å². The van der Waals surface area contributed by atoms with Crippen LogP contribution in [0.25, 0.3) is 0 Å². The molecule has 5 heteroatoms. The summed E-state index contributed by atoms with van der Waals surface area (Å²) in [5.74, 6) is -1.58. The van der Waals surface area contributed by atoms with Gasteiger partial charge in [-0.2, -0.15) is 0 Å². The third-order valence-corrected chi connectivity index (χ3v) is 3.83. The molecule has 0 aromatic heterocycles. The summed E-state index contributed by atoms with van der Waals surface area (Å²) in [6.45, 7) is 2.38. The average Bonchev–Trinajstić information content (AvgIpc) is 2.57. The van der Waals surface area contributed by atoms with Crippen LogP contribution in [0.3, 0.4) is 0 Å². The number of amides is 1. The molecule has 0 heterocycles. The second kappa shape index (κ2) is 11.6. The Hall–Kier alpha value is -1.91. The fraction of sp³-hybridized carbons (Fsp3) is 0.579. The smallest absolute Gasteiger partial charge is 0.325 e. The van der Waals surface area contributed by atoms with Gasteiger partial charge in [0.2, 0.25) is 0 Å². The van der Waals surface area contributed by atoms with E-state index in [4.69, 9.17) is 4.74 Å². The molecule has 0 spiro atoms. The first kappa shape index (κ1) is 20.1. The summed E-state index contributed by atoms with van der Waals surface area (Å²) < 4.78 is 18.7. The van der Waals surface area contributed by atoms with Gasteiger partial charge >= 0.3 is 5.97 Å². The third-order valence-electron chi connectivity index (χ3n) is 3.83. The predicted octanol–water partition coefficient (Wildman–Crippen LogP) is 4.19. The molecular formula is C19H28FNO3. The van der Waals surface area contributed by atoms with E-state index in [1.165, 1.54) is 55.8 Å². The van der Waals surface area contributed by atoms with Crippen molar-refractivity contribution in [2.45, 2.75) is 51.9 Å². The molecule has 0 aliphatic carbocycles. The van der Waals surface area contributed by atoms with Crippen molar-refractivity contribution in [1.82, 2.24) is 4.90 Å². The second-order valence-electron chi connectivity index (χ2n) is 5.98. The zero-order valence-corrected chi connectivity index (χ0v) is 14.7. The summed E-state index contributed by atoms with van der Waals surface area (Å²) in [6.07, 6.45) is 8.03. The van der Waals surface area contributed by atoms with Crippen LogP contribution in [0.1, 0.15) is 62.2 Å². The lowest BCUT2D eigenvalue weighted by Gasteiger charge is -2.16. The minimum absolute atomic E-state index is 0.0418. The summed E-state index contributed by atoms with van der Waals surface area (Å²) in [6, 6.07) is 5.73. The molecule has 1 rings (SSSR count). The zero-order chi connectivity index (χ0) is 17.8. The number of hydrogen-bond donors (Lipinski definition) is 0. The van der Waals surface area contributed by atoms with Crippen molar-refractivity contribution in [3.8, 4) is 0 Å². The molecule has 0 aliphatic heterocycles. The van der Waals surface area contributed by atoms with Gasteiger partial charge in [-0.3, -0.25) is 9.59 Å². The number of carbonyl (C=O) groups excluding carboxylic acids is 2. The van der Waals surface area contributed by atoms with E-state index in [0.717, 1.165) is 19.3 Å². The minimum Gasteiger partial charge on any atom is -0.464 e. The first-order chi connectivity index (χ1) is 11.6. The van der Waals surface area contributed by atoms with Gasteiger partial charge in [0.25, 0.3) is 5.91 Å². The van der Waals surface area contributed by atoms with E-state index in [9.17, 15) is 14.0 Å². The van der Waals surface area contributed by atoms with E-state index in [1.54, 1.807) is 6.07 Å². The van der Waals surface area contributed by atoms with E-state index in [2.05, 4.69) is 6.92 Å². The number of hydrogen-bond acceptors (Lipinski definition) is 3. The molecule has 1 amide bonds. The van der Waals surface area contributed by atoms with Gasteiger partial charge in [0.05, 0.1) is 12.2 Å². The van der Waals surface area contributed by atoms with Gasteiger partial charge in [-0.05, 0) is 18.6 Å². The molecular weight excluding hydrogens is 309 g/mol. The van der Waals surface area contributed by atoms with Crippen molar-refractivity contribution >= 4 is 11.9 Å². The summed E-state index contributed by atoms with van der Waals surface area (Å²) >= 11 is 0. The maximum atomic E-state index is 13.6. The Morgan fingerprint density at radius 2 is 1.67 bits per heavy atom. The van der Waals surface area contributed by atoms with Crippen LogP contribution in [-0.2, 0) is 9.53 Å². The lowest BCUT2D eigenvalue weighted by Crippen LogP contribution is -2.33. The highest BCUT2D eigenvalue weighted by Gasteiger charge is 2.18. The lowest BCUT2D eigenvalue weighted by atomic mass is 10.1. The number of benzene rings is 1. The molecule has 0 saturated heterocycles. The number of rotatable bonds is 11. The van der Waals surface area contributed by atoms with E-state index in [1.807, 2.05) is 0 Å².